The first-order valence-electron chi connectivity index (χ1n) is 9.23. The van der Waals surface area contributed by atoms with Crippen molar-refractivity contribution in [1.82, 2.24) is 0 Å². The molecule has 0 aliphatic rings. The van der Waals surface area contributed by atoms with E-state index in [0.717, 1.165) is 25.7 Å². The van der Waals surface area contributed by atoms with Crippen molar-refractivity contribution in [2.75, 3.05) is 39.6 Å². The molecule has 0 amide bonds. The van der Waals surface area contributed by atoms with Gasteiger partial charge in [0.1, 0.15) is 0 Å². The zero-order valence-electron chi connectivity index (χ0n) is 15.0. The zero-order chi connectivity index (χ0) is 18.3. The fourth-order valence-corrected chi connectivity index (χ4v) is 3.92. The first kappa shape index (κ1) is 23.8. The summed E-state index contributed by atoms with van der Waals surface area (Å²) in [4.78, 5) is 0. The lowest BCUT2D eigenvalue weighted by molar-refractivity contribution is 0.0753. The van der Waals surface area contributed by atoms with Gasteiger partial charge in [0.05, 0.1) is 0 Å². The Bertz CT molecular complexity index is 223. The lowest BCUT2D eigenvalue weighted by Crippen LogP contribution is -2.27. The first-order chi connectivity index (χ1) is 11.6. The van der Waals surface area contributed by atoms with Gasteiger partial charge in [-0.2, -0.15) is 0 Å². The Balaban J connectivity index is 4.64. The predicted octanol–water partition coefficient (Wildman–Crippen LogP) is 0.814. The average molecular weight is 350 g/mol. The molecule has 0 radical (unpaired) electrons. The molecule has 24 heavy (non-hydrogen) atoms. The summed E-state index contributed by atoms with van der Waals surface area (Å²) >= 11 is 0. The van der Waals surface area contributed by atoms with Gasteiger partial charge in [0.2, 0.25) is 0 Å². The molecule has 0 aromatic heterocycles. The highest BCUT2D eigenvalue weighted by Crippen LogP contribution is 2.39. The molecular formula is C18H38O6. The van der Waals surface area contributed by atoms with Crippen LogP contribution >= 0.6 is 0 Å². The van der Waals surface area contributed by atoms with Gasteiger partial charge in [-0.1, -0.05) is 12.8 Å². The maximum absolute atomic E-state index is 9.30. The highest BCUT2D eigenvalue weighted by atomic mass is 16.3. The van der Waals surface area contributed by atoms with Crippen LogP contribution in [0.3, 0.4) is 0 Å². The quantitative estimate of drug-likeness (QED) is 0.216. The third kappa shape index (κ3) is 8.74. The van der Waals surface area contributed by atoms with E-state index < -0.39 is 0 Å². The Labute approximate surface area is 146 Å². The van der Waals surface area contributed by atoms with Gasteiger partial charge in [0.25, 0.3) is 0 Å². The molecule has 0 atom stereocenters. The van der Waals surface area contributed by atoms with E-state index in [2.05, 4.69) is 0 Å². The van der Waals surface area contributed by atoms with Crippen molar-refractivity contribution in [3.05, 3.63) is 0 Å². The Morgan fingerprint density at radius 1 is 0.333 bits per heavy atom. The lowest BCUT2D eigenvalue weighted by Gasteiger charge is -2.35. The van der Waals surface area contributed by atoms with Gasteiger partial charge in [-0.3, -0.25) is 0 Å². The minimum absolute atomic E-state index is 0.0451. The maximum atomic E-state index is 9.30. The fraction of sp³-hybridized carbons (Fsp3) is 1.00. The molecule has 6 nitrogen and oxygen atoms in total. The summed E-state index contributed by atoms with van der Waals surface area (Å²) in [5.74, 6) is 0. The Morgan fingerprint density at radius 2 is 0.542 bits per heavy atom. The van der Waals surface area contributed by atoms with Gasteiger partial charge < -0.3 is 30.6 Å². The van der Waals surface area contributed by atoms with Crippen LogP contribution < -0.4 is 0 Å². The van der Waals surface area contributed by atoms with Crippen LogP contribution in [0.1, 0.15) is 64.2 Å². The molecule has 0 spiro atoms. The molecule has 0 saturated heterocycles. The van der Waals surface area contributed by atoms with E-state index >= 15 is 0 Å². The van der Waals surface area contributed by atoms with Gasteiger partial charge in [0.15, 0.2) is 0 Å². The molecule has 0 aliphatic carbocycles. The molecule has 6 N–H and O–H groups in total. The topological polar surface area (TPSA) is 121 Å². The molecular weight excluding hydrogens is 312 g/mol. The summed E-state index contributed by atoms with van der Waals surface area (Å²) < 4.78 is 0. The number of unbranched alkanes of at least 4 members (excludes halogenated alkanes) is 1. The van der Waals surface area contributed by atoms with Gasteiger partial charge >= 0.3 is 0 Å². The summed E-state index contributed by atoms with van der Waals surface area (Å²) in [5, 5.41) is 55.8. The third-order valence-electron chi connectivity index (χ3n) is 5.52. The predicted molar refractivity (Wildman–Crippen MR) is 93.6 cm³/mol. The van der Waals surface area contributed by atoms with Crippen LogP contribution in [0.5, 0.6) is 0 Å². The molecule has 0 bridgehead atoms. The highest BCUT2D eigenvalue weighted by molar-refractivity contribution is 4.82. The second-order valence-corrected chi connectivity index (χ2v) is 7.05. The van der Waals surface area contributed by atoms with Gasteiger partial charge in [-0.25, -0.2) is 0 Å². The number of rotatable bonds is 17. The number of hydrogen-bond acceptors (Lipinski definition) is 6. The molecule has 0 aliphatic heterocycles. The Hall–Kier alpha value is -0.240. The summed E-state index contributed by atoms with van der Waals surface area (Å²) in [6, 6.07) is 0. The minimum atomic E-state index is -0.230. The van der Waals surface area contributed by atoms with Crippen molar-refractivity contribution in [2.45, 2.75) is 64.2 Å². The van der Waals surface area contributed by atoms with E-state index in [1.165, 1.54) is 0 Å². The molecule has 6 heteroatoms. The Kier molecular flexibility index (Phi) is 13.8. The van der Waals surface area contributed by atoms with E-state index in [1.54, 1.807) is 0 Å². The SMILES string of the molecule is OCCC(CCO)(CCO)CCCCC(CCO)(CCO)CCO. The lowest BCUT2D eigenvalue weighted by atomic mass is 9.72. The zero-order valence-corrected chi connectivity index (χ0v) is 15.0. The van der Waals surface area contributed by atoms with E-state index in [0.29, 0.717) is 38.5 Å². The van der Waals surface area contributed by atoms with Crippen molar-refractivity contribution in [3.63, 3.8) is 0 Å². The largest absolute Gasteiger partial charge is 0.396 e. The average Bonchev–Trinajstić information content (AvgIpc) is 2.53. The van der Waals surface area contributed by atoms with Gasteiger partial charge in [0, 0.05) is 39.6 Å². The summed E-state index contributed by atoms with van der Waals surface area (Å²) in [6.45, 7) is 0.271. The van der Waals surface area contributed by atoms with Gasteiger partial charge in [-0.05, 0) is 62.2 Å². The van der Waals surface area contributed by atoms with Crippen molar-refractivity contribution in [3.8, 4) is 0 Å². The molecule has 0 heterocycles. The van der Waals surface area contributed by atoms with Crippen LogP contribution in [-0.2, 0) is 0 Å². The van der Waals surface area contributed by atoms with Crippen LogP contribution in [0.2, 0.25) is 0 Å². The molecule has 0 saturated carbocycles. The van der Waals surface area contributed by atoms with Crippen molar-refractivity contribution >= 4 is 0 Å². The summed E-state index contributed by atoms with van der Waals surface area (Å²) in [5.41, 5.74) is -0.461. The maximum Gasteiger partial charge on any atom is 0.0436 e. The van der Waals surface area contributed by atoms with E-state index in [9.17, 15) is 30.6 Å². The normalized spacial score (nSPS) is 12.8. The van der Waals surface area contributed by atoms with Crippen LogP contribution in [0, 0.1) is 10.8 Å². The molecule has 0 aromatic carbocycles. The van der Waals surface area contributed by atoms with Crippen molar-refractivity contribution in [2.24, 2.45) is 10.8 Å². The summed E-state index contributed by atoms with van der Waals surface area (Å²) in [7, 11) is 0. The summed E-state index contributed by atoms with van der Waals surface area (Å²) in [6.07, 6.45) is 6.86. The molecule has 0 fully saturated rings. The standard InChI is InChI=1S/C18H38O6/c19-11-5-17(6-12-20,7-13-21)3-1-2-4-18(8-14-22,9-15-23)10-16-24/h19-24H,1-16H2. The van der Waals surface area contributed by atoms with E-state index in [4.69, 9.17) is 0 Å². The van der Waals surface area contributed by atoms with Crippen molar-refractivity contribution in [1.29, 1.82) is 0 Å². The molecule has 146 valence electrons. The van der Waals surface area contributed by atoms with Crippen molar-refractivity contribution < 1.29 is 30.6 Å². The van der Waals surface area contributed by atoms with Crippen LogP contribution in [0.4, 0.5) is 0 Å². The van der Waals surface area contributed by atoms with Gasteiger partial charge in [-0.15, -0.1) is 0 Å². The molecule has 0 unspecified atom stereocenters. The fourth-order valence-electron chi connectivity index (χ4n) is 3.92. The highest BCUT2D eigenvalue weighted by Gasteiger charge is 2.30. The van der Waals surface area contributed by atoms with E-state index in [-0.39, 0.29) is 50.5 Å². The second-order valence-electron chi connectivity index (χ2n) is 7.05. The van der Waals surface area contributed by atoms with Crippen LogP contribution in [0.15, 0.2) is 0 Å². The third-order valence-corrected chi connectivity index (χ3v) is 5.52. The minimum Gasteiger partial charge on any atom is -0.396 e. The number of aliphatic hydroxyl groups excluding tert-OH is 6. The number of hydrogen-bond donors (Lipinski definition) is 6. The Morgan fingerprint density at radius 3 is 0.708 bits per heavy atom. The second kappa shape index (κ2) is 14.0. The monoisotopic (exact) mass is 350 g/mol. The smallest absolute Gasteiger partial charge is 0.0436 e. The number of aliphatic hydroxyl groups is 6. The first-order valence-corrected chi connectivity index (χ1v) is 9.23. The van der Waals surface area contributed by atoms with E-state index in [1.807, 2.05) is 0 Å². The molecule has 0 rings (SSSR count). The van der Waals surface area contributed by atoms with Crippen LogP contribution in [-0.4, -0.2) is 70.3 Å². The van der Waals surface area contributed by atoms with Crippen LogP contribution in [0.25, 0.3) is 0 Å². The molecule has 0 aromatic rings.